The summed E-state index contributed by atoms with van der Waals surface area (Å²) in [7, 11) is 0. The number of hydrogen-bond acceptors (Lipinski definition) is 7. The minimum Gasteiger partial charge on any atom is -0.429 e. The van der Waals surface area contributed by atoms with Gasteiger partial charge in [0.15, 0.2) is 0 Å². The maximum Gasteiger partial charge on any atom is 0.292 e. The van der Waals surface area contributed by atoms with E-state index in [1.54, 1.807) is 28.1 Å². The first-order chi connectivity index (χ1) is 15.3. The van der Waals surface area contributed by atoms with E-state index in [4.69, 9.17) is 9.52 Å². The molecule has 0 aromatic carbocycles. The number of carbonyl (C=O) groups excluding carboxylic acids is 1. The first-order valence-electron chi connectivity index (χ1n) is 9.77. The summed E-state index contributed by atoms with van der Waals surface area (Å²) in [4.78, 5) is 35.3. The van der Waals surface area contributed by atoms with Gasteiger partial charge in [0.2, 0.25) is 11.7 Å². The van der Waals surface area contributed by atoms with Crippen LogP contribution in [-0.2, 0) is 6.42 Å². The van der Waals surface area contributed by atoms with Gasteiger partial charge in [-0.05, 0) is 18.2 Å². The molecule has 6 rings (SSSR count). The maximum absolute atomic E-state index is 13.5. The van der Waals surface area contributed by atoms with Crippen molar-refractivity contribution >= 4 is 11.4 Å². The minimum atomic E-state index is -0.438. The standard InChI is InChI=1S/C21H16N8O2/c30-21(17-11-24-20(31-17)16-10-22-5-6-23-16)28-8-4-14-18(26-12-25-14)19(28)15-9-13-3-1-2-7-29(13)27-15/h1-3,5-7,9-12,19H,4,8H2,(H,25,26). The van der Waals surface area contributed by atoms with Crippen molar-refractivity contribution in [3.05, 3.63) is 84.4 Å². The summed E-state index contributed by atoms with van der Waals surface area (Å²) < 4.78 is 7.53. The molecule has 5 aromatic rings. The van der Waals surface area contributed by atoms with Crippen LogP contribution < -0.4 is 0 Å². The highest BCUT2D eigenvalue weighted by Crippen LogP contribution is 2.34. The van der Waals surface area contributed by atoms with Crippen molar-refractivity contribution in [1.82, 2.24) is 39.4 Å². The molecular weight excluding hydrogens is 396 g/mol. The molecule has 1 atom stereocenters. The summed E-state index contributed by atoms with van der Waals surface area (Å²) >= 11 is 0. The van der Waals surface area contributed by atoms with Crippen LogP contribution in [0.25, 0.3) is 17.1 Å². The van der Waals surface area contributed by atoms with Crippen LogP contribution in [-0.4, -0.2) is 51.9 Å². The molecule has 152 valence electrons. The van der Waals surface area contributed by atoms with Crippen molar-refractivity contribution in [2.75, 3.05) is 6.54 Å². The largest absolute Gasteiger partial charge is 0.429 e. The number of pyridine rings is 1. The fourth-order valence-corrected chi connectivity index (χ4v) is 3.93. The molecule has 6 heterocycles. The number of nitrogens with zero attached hydrogens (tertiary/aromatic N) is 7. The lowest BCUT2D eigenvalue weighted by Crippen LogP contribution is -2.40. The second-order valence-corrected chi connectivity index (χ2v) is 7.18. The highest BCUT2D eigenvalue weighted by atomic mass is 16.4. The molecule has 1 N–H and O–H groups in total. The molecule has 31 heavy (non-hydrogen) atoms. The smallest absolute Gasteiger partial charge is 0.292 e. The van der Waals surface area contributed by atoms with Gasteiger partial charge in [0.25, 0.3) is 5.91 Å². The van der Waals surface area contributed by atoms with Crippen LogP contribution in [0.15, 0.2) is 66.0 Å². The quantitative estimate of drug-likeness (QED) is 0.483. The Morgan fingerprint density at radius 1 is 1.16 bits per heavy atom. The number of rotatable bonds is 3. The Labute approximate surface area is 175 Å². The number of hydrogen-bond donors (Lipinski definition) is 1. The molecule has 0 fully saturated rings. The van der Waals surface area contributed by atoms with Crippen LogP contribution in [0.4, 0.5) is 0 Å². The molecule has 0 aliphatic carbocycles. The van der Waals surface area contributed by atoms with E-state index in [2.05, 4.69) is 24.9 Å². The van der Waals surface area contributed by atoms with Crippen LogP contribution in [0, 0.1) is 0 Å². The Hall–Kier alpha value is -4.34. The normalized spacial score (nSPS) is 15.9. The Morgan fingerprint density at radius 2 is 2.13 bits per heavy atom. The zero-order valence-corrected chi connectivity index (χ0v) is 16.2. The number of nitrogens with one attached hydrogen (secondary N) is 1. The Balaban J connectivity index is 1.40. The van der Waals surface area contributed by atoms with Gasteiger partial charge in [0.1, 0.15) is 11.7 Å². The SMILES string of the molecule is O=C(c1cnc(-c2cnccn2)o1)N1CCc2[nH]cnc2C1c1cc2ccccn2n1. The van der Waals surface area contributed by atoms with Crippen LogP contribution in [0.5, 0.6) is 0 Å². The summed E-state index contributed by atoms with van der Waals surface area (Å²) in [6.45, 7) is 0.494. The van der Waals surface area contributed by atoms with E-state index in [0.717, 1.165) is 22.6 Å². The van der Waals surface area contributed by atoms with Gasteiger partial charge in [-0.15, -0.1) is 0 Å². The third kappa shape index (κ3) is 2.88. The van der Waals surface area contributed by atoms with Crippen LogP contribution in [0.3, 0.4) is 0 Å². The molecule has 1 aliphatic heterocycles. The van der Waals surface area contributed by atoms with E-state index in [1.807, 2.05) is 30.5 Å². The lowest BCUT2D eigenvalue weighted by molar-refractivity contribution is 0.0655. The van der Waals surface area contributed by atoms with Crippen LogP contribution >= 0.6 is 0 Å². The monoisotopic (exact) mass is 412 g/mol. The number of H-pyrrole nitrogens is 1. The number of imidazole rings is 1. The number of oxazole rings is 1. The topological polar surface area (TPSA) is 118 Å². The molecule has 5 aromatic heterocycles. The lowest BCUT2D eigenvalue weighted by Gasteiger charge is -2.33. The molecule has 1 amide bonds. The molecule has 0 bridgehead atoms. The predicted octanol–water partition coefficient (Wildman–Crippen LogP) is 2.29. The van der Waals surface area contributed by atoms with Crippen molar-refractivity contribution in [3.8, 4) is 11.6 Å². The van der Waals surface area contributed by atoms with E-state index >= 15 is 0 Å². The molecule has 10 nitrogen and oxygen atoms in total. The van der Waals surface area contributed by atoms with Gasteiger partial charge in [-0.3, -0.25) is 9.78 Å². The Bertz CT molecular complexity index is 1350. The van der Waals surface area contributed by atoms with E-state index in [1.165, 1.54) is 12.4 Å². The Morgan fingerprint density at radius 3 is 3.00 bits per heavy atom. The highest BCUT2D eigenvalue weighted by Gasteiger charge is 2.37. The molecule has 1 aliphatic rings. The van der Waals surface area contributed by atoms with Crippen molar-refractivity contribution in [2.45, 2.75) is 12.5 Å². The third-order valence-corrected chi connectivity index (χ3v) is 5.35. The second kappa shape index (κ2) is 6.87. The van der Waals surface area contributed by atoms with Gasteiger partial charge in [0.05, 0.1) is 35.6 Å². The molecular formula is C21H16N8O2. The number of fused-ring (bicyclic) bond motifs is 2. The third-order valence-electron chi connectivity index (χ3n) is 5.35. The van der Waals surface area contributed by atoms with E-state index in [-0.39, 0.29) is 17.6 Å². The fraction of sp³-hybridized carbons (Fsp3) is 0.143. The van der Waals surface area contributed by atoms with E-state index < -0.39 is 6.04 Å². The molecule has 0 radical (unpaired) electrons. The first kappa shape index (κ1) is 17.5. The van der Waals surface area contributed by atoms with Gasteiger partial charge in [0, 0.05) is 37.3 Å². The van der Waals surface area contributed by atoms with Gasteiger partial charge in [-0.25, -0.2) is 19.5 Å². The van der Waals surface area contributed by atoms with Crippen LogP contribution in [0.2, 0.25) is 0 Å². The zero-order valence-electron chi connectivity index (χ0n) is 16.2. The highest BCUT2D eigenvalue weighted by molar-refractivity contribution is 5.92. The summed E-state index contributed by atoms with van der Waals surface area (Å²) in [6.07, 6.45) is 10.3. The number of carbonyl (C=O) groups is 1. The minimum absolute atomic E-state index is 0.133. The average molecular weight is 412 g/mol. The molecule has 1 unspecified atom stereocenters. The molecule has 0 saturated carbocycles. The van der Waals surface area contributed by atoms with E-state index in [0.29, 0.717) is 18.7 Å². The van der Waals surface area contributed by atoms with Gasteiger partial charge >= 0.3 is 0 Å². The summed E-state index contributed by atoms with van der Waals surface area (Å²) in [5.41, 5.74) is 3.94. The first-order valence-corrected chi connectivity index (χ1v) is 9.77. The number of amides is 1. The summed E-state index contributed by atoms with van der Waals surface area (Å²) in [6, 6.07) is 7.37. The van der Waals surface area contributed by atoms with Crippen LogP contribution in [0.1, 0.15) is 33.7 Å². The number of aromatic nitrogens is 7. The predicted molar refractivity (Wildman–Crippen MR) is 108 cm³/mol. The van der Waals surface area contributed by atoms with Gasteiger partial charge in [-0.1, -0.05) is 6.07 Å². The Kier molecular flexibility index (Phi) is 3.88. The van der Waals surface area contributed by atoms with E-state index in [9.17, 15) is 4.79 Å². The van der Waals surface area contributed by atoms with Crippen molar-refractivity contribution in [2.24, 2.45) is 0 Å². The molecule has 0 spiro atoms. The fourth-order valence-electron chi connectivity index (χ4n) is 3.93. The second-order valence-electron chi connectivity index (χ2n) is 7.18. The average Bonchev–Trinajstić information content (AvgIpc) is 3.57. The molecule has 0 saturated heterocycles. The summed E-state index contributed by atoms with van der Waals surface area (Å²) in [5, 5.41) is 4.70. The van der Waals surface area contributed by atoms with Crippen molar-refractivity contribution < 1.29 is 9.21 Å². The van der Waals surface area contributed by atoms with Crippen molar-refractivity contribution in [3.63, 3.8) is 0 Å². The summed E-state index contributed by atoms with van der Waals surface area (Å²) in [5.74, 6) is 0.102. The van der Waals surface area contributed by atoms with Gasteiger partial charge < -0.3 is 14.3 Å². The van der Waals surface area contributed by atoms with Crippen molar-refractivity contribution in [1.29, 1.82) is 0 Å². The maximum atomic E-state index is 13.5. The lowest BCUT2D eigenvalue weighted by atomic mass is 9.99. The van der Waals surface area contributed by atoms with Gasteiger partial charge in [-0.2, -0.15) is 5.10 Å². The molecule has 10 heteroatoms. The zero-order chi connectivity index (χ0) is 20.8. The number of aromatic amines is 1.